The number of furan rings is 1. The molecule has 0 saturated heterocycles. The summed E-state index contributed by atoms with van der Waals surface area (Å²) in [6.07, 6.45) is 1.75. The summed E-state index contributed by atoms with van der Waals surface area (Å²) in [5, 5.41) is 1.80. The number of rotatable bonds is 3. The fraction of sp³-hybridized carbons (Fsp3) is 0.125. The van der Waals surface area contributed by atoms with Gasteiger partial charge in [0.25, 0.3) is 0 Å². The minimum Gasteiger partial charge on any atom is -0.489 e. The van der Waals surface area contributed by atoms with Gasteiger partial charge in [-0.1, -0.05) is 23.7 Å². The minimum atomic E-state index is 0.484. The van der Waals surface area contributed by atoms with Gasteiger partial charge in [-0.2, -0.15) is 0 Å². The van der Waals surface area contributed by atoms with E-state index in [4.69, 9.17) is 20.8 Å². The molecule has 0 saturated carbocycles. The van der Waals surface area contributed by atoms with E-state index in [0.717, 1.165) is 22.3 Å². The van der Waals surface area contributed by atoms with Crippen molar-refractivity contribution >= 4 is 22.6 Å². The predicted octanol–water partition coefficient (Wildman–Crippen LogP) is 4.97. The lowest BCUT2D eigenvalue weighted by molar-refractivity contribution is 0.306. The molecule has 0 aliphatic carbocycles. The minimum absolute atomic E-state index is 0.484. The predicted molar refractivity (Wildman–Crippen MR) is 76.7 cm³/mol. The summed E-state index contributed by atoms with van der Waals surface area (Å²) in [4.78, 5) is 0. The van der Waals surface area contributed by atoms with Crippen LogP contribution in [0.15, 0.2) is 53.1 Å². The second-order valence-corrected chi connectivity index (χ2v) is 4.94. The summed E-state index contributed by atoms with van der Waals surface area (Å²) in [6.45, 7) is 2.53. The van der Waals surface area contributed by atoms with E-state index >= 15 is 0 Å². The van der Waals surface area contributed by atoms with Gasteiger partial charge in [-0.05, 0) is 42.8 Å². The van der Waals surface area contributed by atoms with Crippen LogP contribution in [0.1, 0.15) is 11.1 Å². The maximum atomic E-state index is 5.83. The first-order chi connectivity index (χ1) is 9.22. The van der Waals surface area contributed by atoms with E-state index in [1.807, 2.05) is 37.3 Å². The van der Waals surface area contributed by atoms with Crippen molar-refractivity contribution in [2.45, 2.75) is 13.5 Å². The largest absolute Gasteiger partial charge is 0.489 e. The molecule has 0 aliphatic heterocycles. The maximum Gasteiger partial charge on any atom is 0.134 e. The molecule has 3 rings (SSSR count). The zero-order chi connectivity index (χ0) is 13.2. The van der Waals surface area contributed by atoms with Crippen LogP contribution in [0, 0.1) is 6.92 Å². The van der Waals surface area contributed by atoms with Gasteiger partial charge in [-0.25, -0.2) is 0 Å². The summed E-state index contributed by atoms with van der Waals surface area (Å²) < 4.78 is 11.3. The van der Waals surface area contributed by atoms with E-state index in [0.29, 0.717) is 11.6 Å². The van der Waals surface area contributed by atoms with Gasteiger partial charge in [0.05, 0.1) is 6.26 Å². The molecule has 96 valence electrons. The Bertz CT molecular complexity index is 698. The Kier molecular flexibility index (Phi) is 3.18. The van der Waals surface area contributed by atoms with Gasteiger partial charge >= 0.3 is 0 Å². The third-order valence-corrected chi connectivity index (χ3v) is 3.27. The molecular weight excluding hydrogens is 260 g/mol. The van der Waals surface area contributed by atoms with Gasteiger partial charge in [0.15, 0.2) is 0 Å². The number of ether oxygens (including phenoxy) is 1. The second-order valence-electron chi connectivity index (χ2n) is 4.50. The lowest BCUT2D eigenvalue weighted by atomic mass is 10.1. The second kappa shape index (κ2) is 4.98. The van der Waals surface area contributed by atoms with E-state index in [2.05, 4.69) is 12.1 Å². The quantitative estimate of drug-likeness (QED) is 0.671. The first-order valence-electron chi connectivity index (χ1n) is 6.07. The Balaban J connectivity index is 1.80. The average molecular weight is 273 g/mol. The summed E-state index contributed by atoms with van der Waals surface area (Å²) in [6, 6.07) is 13.5. The highest BCUT2D eigenvalue weighted by Gasteiger charge is 2.06. The third kappa shape index (κ3) is 2.59. The molecule has 0 spiro atoms. The first kappa shape index (κ1) is 12.1. The van der Waals surface area contributed by atoms with Crippen molar-refractivity contribution in [1.29, 1.82) is 0 Å². The number of aryl methyl sites for hydroxylation is 1. The van der Waals surface area contributed by atoms with E-state index in [-0.39, 0.29) is 0 Å². The van der Waals surface area contributed by atoms with Crippen molar-refractivity contribution in [2.75, 3.05) is 0 Å². The summed E-state index contributed by atoms with van der Waals surface area (Å²) >= 11 is 5.83. The molecule has 3 heteroatoms. The molecule has 0 atom stereocenters. The van der Waals surface area contributed by atoms with E-state index in [1.165, 1.54) is 5.56 Å². The van der Waals surface area contributed by atoms with Crippen molar-refractivity contribution in [2.24, 2.45) is 0 Å². The van der Waals surface area contributed by atoms with Gasteiger partial charge in [0.2, 0.25) is 0 Å². The third-order valence-electron chi connectivity index (χ3n) is 3.02. The Morgan fingerprint density at radius 2 is 1.89 bits per heavy atom. The highest BCUT2D eigenvalue weighted by Crippen LogP contribution is 2.24. The Morgan fingerprint density at radius 1 is 1.11 bits per heavy atom. The van der Waals surface area contributed by atoms with Gasteiger partial charge in [0, 0.05) is 16.0 Å². The lowest BCUT2D eigenvalue weighted by Gasteiger charge is -2.04. The van der Waals surface area contributed by atoms with Crippen molar-refractivity contribution < 1.29 is 9.15 Å². The fourth-order valence-corrected chi connectivity index (χ4v) is 2.12. The van der Waals surface area contributed by atoms with Crippen molar-refractivity contribution in [1.82, 2.24) is 0 Å². The van der Waals surface area contributed by atoms with E-state index in [1.54, 1.807) is 6.26 Å². The molecule has 1 aromatic heterocycles. The normalized spacial score (nSPS) is 10.8. The van der Waals surface area contributed by atoms with Crippen LogP contribution in [0.2, 0.25) is 5.02 Å². The Hall–Kier alpha value is -1.93. The Morgan fingerprint density at radius 3 is 2.68 bits per heavy atom. The molecular formula is C16H13ClO2. The highest BCUT2D eigenvalue weighted by molar-refractivity contribution is 6.30. The van der Waals surface area contributed by atoms with E-state index < -0.39 is 0 Å². The maximum absolute atomic E-state index is 5.83. The molecule has 2 nitrogen and oxygen atoms in total. The molecule has 0 amide bonds. The zero-order valence-corrected chi connectivity index (χ0v) is 11.3. The number of hydrogen-bond donors (Lipinski definition) is 0. The van der Waals surface area contributed by atoms with Crippen LogP contribution in [-0.4, -0.2) is 0 Å². The van der Waals surface area contributed by atoms with Gasteiger partial charge in [0.1, 0.15) is 17.9 Å². The van der Waals surface area contributed by atoms with Gasteiger partial charge < -0.3 is 9.15 Å². The van der Waals surface area contributed by atoms with Crippen LogP contribution < -0.4 is 4.74 Å². The Labute approximate surface area is 116 Å². The monoisotopic (exact) mass is 272 g/mol. The molecule has 0 N–H and O–H groups in total. The molecule has 0 aliphatic rings. The summed E-state index contributed by atoms with van der Waals surface area (Å²) in [5.41, 5.74) is 3.13. The van der Waals surface area contributed by atoms with Gasteiger partial charge in [-0.3, -0.25) is 0 Å². The van der Waals surface area contributed by atoms with Crippen molar-refractivity contribution in [3.63, 3.8) is 0 Å². The fourth-order valence-electron chi connectivity index (χ4n) is 1.99. The van der Waals surface area contributed by atoms with Crippen LogP contribution in [0.3, 0.4) is 0 Å². The van der Waals surface area contributed by atoms with Crippen LogP contribution in [0.4, 0.5) is 0 Å². The van der Waals surface area contributed by atoms with Crippen LogP contribution >= 0.6 is 11.6 Å². The average Bonchev–Trinajstić information content (AvgIpc) is 2.80. The van der Waals surface area contributed by atoms with Crippen LogP contribution in [-0.2, 0) is 6.61 Å². The van der Waals surface area contributed by atoms with Crippen LogP contribution in [0.25, 0.3) is 11.0 Å². The van der Waals surface area contributed by atoms with Crippen molar-refractivity contribution in [3.05, 3.63) is 64.9 Å². The number of halogens is 1. The smallest absolute Gasteiger partial charge is 0.134 e. The van der Waals surface area contributed by atoms with Crippen molar-refractivity contribution in [3.8, 4) is 5.75 Å². The van der Waals surface area contributed by atoms with Crippen LogP contribution in [0.5, 0.6) is 5.75 Å². The van der Waals surface area contributed by atoms with Gasteiger partial charge in [-0.15, -0.1) is 0 Å². The molecule has 3 aromatic rings. The zero-order valence-electron chi connectivity index (χ0n) is 10.5. The lowest BCUT2D eigenvalue weighted by Crippen LogP contribution is -1.93. The molecule has 0 fully saturated rings. The number of fused-ring (bicyclic) bond motifs is 1. The standard InChI is InChI=1S/C16H13ClO2/c1-11-2-7-15-12(10-19-16(15)8-11)9-18-14-5-3-13(17)4-6-14/h2-8,10H,9H2,1H3. The van der Waals surface area contributed by atoms with E-state index in [9.17, 15) is 0 Å². The summed E-state index contributed by atoms with van der Waals surface area (Å²) in [5.74, 6) is 0.797. The number of hydrogen-bond acceptors (Lipinski definition) is 2. The molecule has 2 aromatic carbocycles. The number of benzene rings is 2. The molecule has 0 bridgehead atoms. The molecule has 0 unspecified atom stereocenters. The first-order valence-corrected chi connectivity index (χ1v) is 6.45. The molecule has 19 heavy (non-hydrogen) atoms. The highest BCUT2D eigenvalue weighted by atomic mass is 35.5. The topological polar surface area (TPSA) is 22.4 Å². The molecule has 0 radical (unpaired) electrons. The SMILES string of the molecule is Cc1ccc2c(COc3ccc(Cl)cc3)coc2c1. The molecule has 1 heterocycles. The summed E-state index contributed by atoms with van der Waals surface area (Å²) in [7, 11) is 0.